The lowest BCUT2D eigenvalue weighted by molar-refractivity contribution is 0.0912. The van der Waals surface area contributed by atoms with Crippen LogP contribution in [0, 0.1) is 0 Å². The second-order valence-corrected chi connectivity index (χ2v) is 9.34. The number of furan rings is 1. The number of nitrogens with zero attached hydrogens (tertiary/aromatic N) is 1. The highest BCUT2D eigenvalue weighted by atomic mass is 32.2. The van der Waals surface area contributed by atoms with Crippen LogP contribution >= 0.6 is 0 Å². The minimum atomic E-state index is -3.53. The topological polar surface area (TPSA) is 79.6 Å². The molecule has 0 radical (unpaired) electrons. The average Bonchev–Trinajstić information content (AvgIpc) is 3.20. The third-order valence-electron chi connectivity index (χ3n) is 4.86. The second kappa shape index (κ2) is 9.73. The molecule has 0 spiro atoms. The highest BCUT2D eigenvalue weighted by Gasteiger charge is 2.20. The summed E-state index contributed by atoms with van der Waals surface area (Å²) in [6.45, 7) is 0.444. The van der Waals surface area contributed by atoms with Gasteiger partial charge in [0.25, 0.3) is 5.91 Å². The number of hydrogen-bond donors (Lipinski definition) is 1. The van der Waals surface area contributed by atoms with Gasteiger partial charge in [0.05, 0.1) is 4.90 Å². The molecule has 1 atom stereocenters. The number of sulfone groups is 1. The van der Waals surface area contributed by atoms with Crippen LogP contribution in [0.1, 0.15) is 21.9 Å². The fourth-order valence-corrected chi connectivity index (χ4v) is 4.37. The summed E-state index contributed by atoms with van der Waals surface area (Å²) in [5, 5.41) is 2.88. The zero-order valence-corrected chi connectivity index (χ0v) is 17.9. The predicted octanol–water partition coefficient (Wildman–Crippen LogP) is 3.16. The smallest absolute Gasteiger partial charge is 0.287 e. The van der Waals surface area contributed by atoms with Crippen molar-refractivity contribution in [1.82, 2.24) is 10.2 Å². The molecule has 0 saturated heterocycles. The molecule has 0 fully saturated rings. The number of amides is 1. The SMILES string of the molecule is CN(C)C(CNC(=O)c1ccc(CS(=O)(=O)c2ccccc2)o1)Cc1ccccc1. The van der Waals surface area contributed by atoms with E-state index in [0.717, 1.165) is 6.42 Å². The molecule has 1 N–H and O–H groups in total. The first-order valence-corrected chi connectivity index (χ1v) is 11.4. The van der Waals surface area contributed by atoms with Gasteiger partial charge in [0.1, 0.15) is 11.5 Å². The summed E-state index contributed by atoms with van der Waals surface area (Å²) < 4.78 is 30.5. The lowest BCUT2D eigenvalue weighted by Crippen LogP contribution is -2.41. The summed E-state index contributed by atoms with van der Waals surface area (Å²) in [6.07, 6.45) is 0.798. The Labute approximate surface area is 177 Å². The maximum absolute atomic E-state index is 12.5. The van der Waals surface area contributed by atoms with Gasteiger partial charge in [-0.3, -0.25) is 4.79 Å². The van der Waals surface area contributed by atoms with Crippen molar-refractivity contribution in [2.24, 2.45) is 0 Å². The Bertz CT molecular complexity index is 1060. The van der Waals surface area contributed by atoms with Gasteiger partial charge in [0, 0.05) is 12.6 Å². The number of hydrogen-bond acceptors (Lipinski definition) is 5. The molecule has 0 saturated carbocycles. The molecular weight excluding hydrogens is 400 g/mol. The van der Waals surface area contributed by atoms with Crippen molar-refractivity contribution in [3.8, 4) is 0 Å². The first-order valence-electron chi connectivity index (χ1n) is 9.70. The van der Waals surface area contributed by atoms with Gasteiger partial charge in [-0.15, -0.1) is 0 Å². The molecule has 0 aliphatic heterocycles. The molecule has 1 heterocycles. The standard InChI is InChI=1S/C23H26N2O4S/c1-25(2)19(15-18-9-5-3-6-10-18)16-24-23(26)22-14-13-20(29-22)17-30(27,28)21-11-7-4-8-12-21/h3-14,19H,15-17H2,1-2H3,(H,24,26). The van der Waals surface area contributed by atoms with E-state index >= 15 is 0 Å². The van der Waals surface area contributed by atoms with Crippen molar-refractivity contribution in [2.75, 3.05) is 20.6 Å². The minimum Gasteiger partial charge on any atom is -0.455 e. The van der Waals surface area contributed by atoms with E-state index in [-0.39, 0.29) is 34.1 Å². The van der Waals surface area contributed by atoms with Gasteiger partial charge in [-0.2, -0.15) is 0 Å². The molecule has 3 aromatic rings. The van der Waals surface area contributed by atoms with Crippen LogP contribution in [0.25, 0.3) is 0 Å². The Morgan fingerprint density at radius 1 is 0.967 bits per heavy atom. The first-order chi connectivity index (χ1) is 14.3. The number of carbonyl (C=O) groups is 1. The lowest BCUT2D eigenvalue weighted by Gasteiger charge is -2.24. The van der Waals surface area contributed by atoms with Crippen LogP contribution in [0.4, 0.5) is 0 Å². The number of likely N-dealkylation sites (N-methyl/N-ethyl adjacent to an activating group) is 1. The maximum atomic E-state index is 12.5. The Hall–Kier alpha value is -2.90. The molecule has 158 valence electrons. The van der Waals surface area contributed by atoms with Crippen molar-refractivity contribution in [3.05, 3.63) is 89.9 Å². The quantitative estimate of drug-likeness (QED) is 0.569. The van der Waals surface area contributed by atoms with E-state index < -0.39 is 9.84 Å². The van der Waals surface area contributed by atoms with Crippen LogP contribution in [0.3, 0.4) is 0 Å². The fraction of sp³-hybridized carbons (Fsp3) is 0.261. The third kappa shape index (κ3) is 5.81. The summed E-state index contributed by atoms with van der Waals surface area (Å²) in [7, 11) is 0.413. The van der Waals surface area contributed by atoms with Crippen LogP contribution in [-0.2, 0) is 22.0 Å². The molecule has 6 nitrogen and oxygen atoms in total. The molecule has 30 heavy (non-hydrogen) atoms. The van der Waals surface area contributed by atoms with Gasteiger partial charge < -0.3 is 14.6 Å². The second-order valence-electron chi connectivity index (χ2n) is 7.36. The Balaban J connectivity index is 1.60. The normalized spacial score (nSPS) is 12.6. The molecule has 7 heteroatoms. The molecule has 1 unspecified atom stereocenters. The first kappa shape index (κ1) is 21.8. The van der Waals surface area contributed by atoms with Gasteiger partial charge in [-0.05, 0) is 50.3 Å². The molecule has 0 aliphatic carbocycles. The van der Waals surface area contributed by atoms with Crippen molar-refractivity contribution in [2.45, 2.75) is 23.1 Å². The minimum absolute atomic E-state index is 0.102. The van der Waals surface area contributed by atoms with Gasteiger partial charge in [-0.25, -0.2) is 8.42 Å². The summed E-state index contributed by atoms with van der Waals surface area (Å²) in [4.78, 5) is 14.8. The highest BCUT2D eigenvalue weighted by molar-refractivity contribution is 7.90. The van der Waals surface area contributed by atoms with Crippen LogP contribution in [0.5, 0.6) is 0 Å². The van der Waals surface area contributed by atoms with Gasteiger partial charge >= 0.3 is 0 Å². The molecule has 3 rings (SSSR count). The van der Waals surface area contributed by atoms with Gasteiger partial charge in [0.15, 0.2) is 15.6 Å². The third-order valence-corrected chi connectivity index (χ3v) is 6.52. The fourth-order valence-electron chi connectivity index (χ4n) is 3.10. The maximum Gasteiger partial charge on any atom is 0.287 e. The van der Waals surface area contributed by atoms with Crippen LogP contribution in [0.15, 0.2) is 82.1 Å². The van der Waals surface area contributed by atoms with Crippen molar-refractivity contribution in [1.29, 1.82) is 0 Å². The molecule has 0 bridgehead atoms. The molecular formula is C23H26N2O4S. The Kier molecular flexibility index (Phi) is 7.07. The van der Waals surface area contributed by atoms with E-state index in [1.165, 1.54) is 17.7 Å². The Morgan fingerprint density at radius 2 is 1.60 bits per heavy atom. The van der Waals surface area contributed by atoms with Crippen molar-refractivity contribution >= 4 is 15.7 Å². The number of benzene rings is 2. The summed E-state index contributed by atoms with van der Waals surface area (Å²) in [5.41, 5.74) is 1.19. The molecule has 2 aromatic carbocycles. The number of nitrogens with one attached hydrogen (secondary N) is 1. The van der Waals surface area contributed by atoms with Gasteiger partial charge in [0.2, 0.25) is 0 Å². The monoisotopic (exact) mass is 426 g/mol. The van der Waals surface area contributed by atoms with E-state index in [1.54, 1.807) is 30.3 Å². The zero-order chi connectivity index (χ0) is 21.6. The van der Waals surface area contributed by atoms with E-state index in [4.69, 9.17) is 4.42 Å². The largest absolute Gasteiger partial charge is 0.455 e. The van der Waals surface area contributed by atoms with E-state index in [2.05, 4.69) is 22.3 Å². The average molecular weight is 427 g/mol. The van der Waals surface area contributed by atoms with E-state index in [0.29, 0.717) is 6.54 Å². The number of carbonyl (C=O) groups excluding carboxylic acids is 1. The molecule has 1 aromatic heterocycles. The summed E-state index contributed by atoms with van der Waals surface area (Å²) in [5.74, 6) is -0.320. The van der Waals surface area contributed by atoms with Crippen LogP contribution in [-0.4, -0.2) is 45.9 Å². The van der Waals surface area contributed by atoms with E-state index in [9.17, 15) is 13.2 Å². The van der Waals surface area contributed by atoms with Crippen LogP contribution < -0.4 is 5.32 Å². The Morgan fingerprint density at radius 3 is 2.23 bits per heavy atom. The van der Waals surface area contributed by atoms with Crippen molar-refractivity contribution in [3.63, 3.8) is 0 Å². The van der Waals surface area contributed by atoms with Crippen LogP contribution in [0.2, 0.25) is 0 Å². The molecule has 1 amide bonds. The molecule has 0 aliphatic rings. The van der Waals surface area contributed by atoms with Gasteiger partial charge in [-0.1, -0.05) is 48.5 Å². The van der Waals surface area contributed by atoms with Crippen molar-refractivity contribution < 1.29 is 17.6 Å². The predicted molar refractivity (Wildman–Crippen MR) is 116 cm³/mol. The number of rotatable bonds is 9. The lowest BCUT2D eigenvalue weighted by atomic mass is 10.1. The zero-order valence-electron chi connectivity index (χ0n) is 17.1. The van der Waals surface area contributed by atoms with E-state index in [1.807, 2.05) is 32.3 Å². The summed E-state index contributed by atoms with van der Waals surface area (Å²) >= 11 is 0. The highest BCUT2D eigenvalue weighted by Crippen LogP contribution is 2.18. The summed E-state index contributed by atoms with van der Waals surface area (Å²) in [6, 6.07) is 21.4.